The fraction of sp³-hybridized carbons (Fsp3) is 0.387. The molecule has 0 spiro atoms. The largest absolute Gasteiger partial charge is 0.463 e. The van der Waals surface area contributed by atoms with E-state index in [1.165, 1.54) is 0 Å². The summed E-state index contributed by atoms with van der Waals surface area (Å²) in [7, 11) is 0. The molecule has 206 valence electrons. The van der Waals surface area contributed by atoms with Gasteiger partial charge in [-0.25, -0.2) is 14.6 Å². The Morgan fingerprint density at radius 2 is 1.23 bits per heavy atom. The number of carbonyl (C=O) groups excluding carboxylic acids is 5. The summed E-state index contributed by atoms with van der Waals surface area (Å²) in [6, 6.07) is 14.1. The van der Waals surface area contributed by atoms with Crippen molar-refractivity contribution in [1.82, 2.24) is 0 Å². The molecule has 2 unspecified atom stereocenters. The highest BCUT2D eigenvalue weighted by atomic mass is 79.9. The maximum Gasteiger partial charge on any atom is 0.334 e. The highest BCUT2D eigenvalue weighted by molar-refractivity contribution is 9.10. The summed E-state index contributed by atoms with van der Waals surface area (Å²) in [4.78, 5) is 73.0. The number of benzene rings is 2. The van der Waals surface area contributed by atoms with Crippen molar-refractivity contribution in [3.05, 3.63) is 70.8 Å². The number of alkyl halides is 1. The van der Waals surface area contributed by atoms with Gasteiger partial charge in [-0.1, -0.05) is 47.1 Å². The lowest BCUT2D eigenvalue weighted by Crippen LogP contribution is -2.67. The van der Waals surface area contributed by atoms with E-state index in [4.69, 9.17) is 4.74 Å². The summed E-state index contributed by atoms with van der Waals surface area (Å²) >= 11 is 3.80. The highest BCUT2D eigenvalue weighted by Gasteiger charge is 2.81. The zero-order chi connectivity index (χ0) is 28.9. The van der Waals surface area contributed by atoms with Crippen LogP contribution in [0, 0.1) is 42.9 Å². The van der Waals surface area contributed by atoms with E-state index in [9.17, 15) is 24.0 Å². The molecular weight excluding hydrogens is 576 g/mol. The molecule has 2 aliphatic heterocycles. The lowest BCUT2D eigenvalue weighted by atomic mass is 9.43. The first-order valence-electron chi connectivity index (χ1n) is 13.4. The summed E-state index contributed by atoms with van der Waals surface area (Å²) in [5.41, 5.74) is 1.76. The average Bonchev–Trinajstić information content (AvgIpc) is 3.33. The van der Waals surface area contributed by atoms with Gasteiger partial charge in [-0.05, 0) is 68.7 Å². The third-order valence-corrected chi connectivity index (χ3v) is 10.9. The minimum atomic E-state index is -1.46. The fourth-order valence-corrected chi connectivity index (χ4v) is 8.89. The second kappa shape index (κ2) is 8.70. The Labute approximate surface area is 240 Å². The number of aryl methyl sites for hydroxylation is 2. The van der Waals surface area contributed by atoms with Crippen LogP contribution >= 0.6 is 15.9 Å². The molecular formula is C31H29BrN2O6. The number of carbonyl (C=O) groups is 5. The van der Waals surface area contributed by atoms with Gasteiger partial charge in [-0.3, -0.25) is 19.2 Å². The van der Waals surface area contributed by atoms with Gasteiger partial charge >= 0.3 is 5.97 Å². The van der Waals surface area contributed by atoms with Crippen molar-refractivity contribution < 1.29 is 28.7 Å². The van der Waals surface area contributed by atoms with Crippen LogP contribution in [0.4, 0.5) is 11.4 Å². The Morgan fingerprint density at radius 3 is 1.62 bits per heavy atom. The molecule has 5 aliphatic rings. The summed E-state index contributed by atoms with van der Waals surface area (Å²) in [6.07, 6.45) is 0. The molecule has 2 aromatic carbocycles. The Balaban J connectivity index is 1.60. The minimum absolute atomic E-state index is 0.0910. The van der Waals surface area contributed by atoms with Gasteiger partial charge in [0, 0.05) is 11.0 Å². The quantitative estimate of drug-likeness (QED) is 0.294. The number of halogens is 1. The molecule has 3 aliphatic carbocycles. The summed E-state index contributed by atoms with van der Waals surface area (Å²) in [5.74, 6) is -6.66. The topological polar surface area (TPSA) is 101 Å². The second-order valence-electron chi connectivity index (χ2n) is 11.4. The standard InChI is InChI=1S/C31H29BrN2O6/c1-6-40-29(39)20-17(4)31(32)23-21(25(35)33(27(23)37)18-11-7-9-15(2)13-18)30(20,5)22-24(31)28(38)34(26(22)36)19-12-8-10-16(3)14-19/h7-14,21-24H,6H2,1-5H3/t21-,22-,23-,24+,30?,31?/m1/s1. The maximum atomic E-state index is 14.3. The Bertz CT molecular complexity index is 1490. The number of hydrogen-bond acceptors (Lipinski definition) is 6. The maximum absolute atomic E-state index is 14.3. The predicted molar refractivity (Wildman–Crippen MR) is 150 cm³/mol. The highest BCUT2D eigenvalue weighted by Crippen LogP contribution is 2.72. The van der Waals surface area contributed by atoms with Crippen LogP contribution in [0.3, 0.4) is 0 Å². The van der Waals surface area contributed by atoms with E-state index < -0.39 is 63.0 Å². The number of allylic oxidation sites excluding steroid dienone is 1. The molecule has 40 heavy (non-hydrogen) atoms. The van der Waals surface area contributed by atoms with E-state index >= 15 is 0 Å². The molecule has 6 atom stereocenters. The van der Waals surface area contributed by atoms with E-state index in [2.05, 4.69) is 15.9 Å². The Hall–Kier alpha value is -3.59. The van der Waals surface area contributed by atoms with Crippen LogP contribution in [-0.4, -0.2) is 40.5 Å². The smallest absolute Gasteiger partial charge is 0.334 e. The number of rotatable bonds is 4. The zero-order valence-electron chi connectivity index (χ0n) is 22.9. The van der Waals surface area contributed by atoms with Gasteiger partial charge in [0.05, 0.1) is 46.0 Å². The van der Waals surface area contributed by atoms with E-state index in [0.717, 1.165) is 20.9 Å². The van der Waals surface area contributed by atoms with Crippen LogP contribution in [0.25, 0.3) is 0 Å². The Kier molecular flexibility index (Phi) is 5.79. The van der Waals surface area contributed by atoms with Crippen LogP contribution < -0.4 is 9.80 Å². The van der Waals surface area contributed by atoms with Crippen LogP contribution in [-0.2, 0) is 28.7 Å². The van der Waals surface area contributed by atoms with Crippen molar-refractivity contribution in [1.29, 1.82) is 0 Å². The zero-order valence-corrected chi connectivity index (χ0v) is 24.4. The molecule has 0 aromatic heterocycles. The molecule has 0 radical (unpaired) electrons. The predicted octanol–water partition coefficient (Wildman–Crippen LogP) is 4.26. The number of amides is 4. The van der Waals surface area contributed by atoms with Crippen LogP contribution in [0.15, 0.2) is 59.7 Å². The lowest BCUT2D eigenvalue weighted by Gasteiger charge is -2.59. The monoisotopic (exact) mass is 604 g/mol. The molecule has 7 rings (SSSR count). The molecule has 0 N–H and O–H groups in total. The van der Waals surface area contributed by atoms with Gasteiger partial charge in [0.15, 0.2) is 0 Å². The van der Waals surface area contributed by atoms with Crippen LogP contribution in [0.1, 0.15) is 31.9 Å². The molecule has 2 aromatic rings. The number of imide groups is 2. The Morgan fingerprint density at radius 1 is 0.800 bits per heavy atom. The van der Waals surface area contributed by atoms with Crippen LogP contribution in [0.2, 0.25) is 0 Å². The van der Waals surface area contributed by atoms with E-state index in [0.29, 0.717) is 16.9 Å². The first-order valence-corrected chi connectivity index (χ1v) is 14.2. The van der Waals surface area contributed by atoms with Gasteiger partial charge in [0.2, 0.25) is 23.6 Å². The number of nitrogens with zero attached hydrogens (tertiary/aromatic N) is 2. The normalized spacial score (nSPS) is 32.6. The van der Waals surface area contributed by atoms with Gasteiger partial charge in [0.25, 0.3) is 0 Å². The fourth-order valence-electron chi connectivity index (χ4n) is 7.77. The van der Waals surface area contributed by atoms with Crippen molar-refractivity contribution in [2.45, 2.75) is 38.9 Å². The van der Waals surface area contributed by atoms with E-state index in [1.807, 2.05) is 26.0 Å². The van der Waals surface area contributed by atoms with Crippen molar-refractivity contribution in [2.24, 2.45) is 29.1 Å². The molecule has 2 saturated heterocycles. The number of ether oxygens (including phenoxy) is 1. The van der Waals surface area contributed by atoms with E-state index in [-0.39, 0.29) is 12.2 Å². The molecule has 4 amide bonds. The van der Waals surface area contributed by atoms with Crippen molar-refractivity contribution in [3.63, 3.8) is 0 Å². The molecule has 1 saturated carbocycles. The minimum Gasteiger partial charge on any atom is -0.463 e. The first kappa shape index (κ1) is 26.6. The van der Waals surface area contributed by atoms with Crippen LogP contribution in [0.5, 0.6) is 0 Å². The number of esters is 1. The molecule has 8 nitrogen and oxygen atoms in total. The first-order chi connectivity index (χ1) is 18.9. The second-order valence-corrected chi connectivity index (χ2v) is 12.7. The summed E-state index contributed by atoms with van der Waals surface area (Å²) < 4.78 is 4.01. The summed E-state index contributed by atoms with van der Waals surface area (Å²) in [5, 5.41) is 0. The molecule has 2 bridgehead atoms. The van der Waals surface area contributed by atoms with Gasteiger partial charge in [0.1, 0.15) is 0 Å². The van der Waals surface area contributed by atoms with Gasteiger partial charge in [-0.15, -0.1) is 0 Å². The van der Waals surface area contributed by atoms with Crippen molar-refractivity contribution in [3.8, 4) is 0 Å². The molecule has 2 heterocycles. The molecule has 3 fully saturated rings. The van der Waals surface area contributed by atoms with Crippen molar-refractivity contribution in [2.75, 3.05) is 16.4 Å². The van der Waals surface area contributed by atoms with Crippen molar-refractivity contribution >= 4 is 56.9 Å². The molecule has 9 heteroatoms. The lowest BCUT2D eigenvalue weighted by molar-refractivity contribution is -0.152. The van der Waals surface area contributed by atoms with E-state index in [1.54, 1.807) is 57.2 Å². The number of hydrogen-bond donors (Lipinski definition) is 0. The third-order valence-electron chi connectivity index (χ3n) is 9.30. The number of anilines is 2. The SMILES string of the molecule is CCOC(=O)C1=C(C)C2(Br)[C@@H]3C(=O)N(c4cccc(C)c4)C(=O)[C@@H]3C1(C)[C@H]1C(=O)N(c3cccc(C)c3)C(=O)[C@@H]12. The average molecular weight is 605 g/mol. The van der Waals surface area contributed by atoms with Gasteiger partial charge in [-0.2, -0.15) is 0 Å². The summed E-state index contributed by atoms with van der Waals surface area (Å²) in [6.45, 7) is 8.88. The van der Waals surface area contributed by atoms with Gasteiger partial charge < -0.3 is 4.74 Å². The third kappa shape index (κ3) is 3.09.